The predicted molar refractivity (Wildman–Crippen MR) is 71.4 cm³/mol. The molecule has 2 fully saturated rings. The number of ether oxygens (including phenoxy) is 1. The zero-order valence-corrected chi connectivity index (χ0v) is 11.2. The summed E-state index contributed by atoms with van der Waals surface area (Å²) in [6, 6.07) is 6.71. The molecule has 1 aromatic rings. The molecule has 3 rings (SSSR count). The van der Waals surface area contributed by atoms with Crippen molar-refractivity contribution in [2.24, 2.45) is 11.3 Å². The van der Waals surface area contributed by atoms with E-state index < -0.39 is 0 Å². The lowest BCUT2D eigenvalue weighted by atomic mass is 9.57. The van der Waals surface area contributed by atoms with Gasteiger partial charge in [-0.05, 0) is 18.6 Å². The molecule has 0 aromatic carbocycles. The summed E-state index contributed by atoms with van der Waals surface area (Å²) in [5, 5.41) is 3.71. The van der Waals surface area contributed by atoms with Crippen LogP contribution in [0.15, 0.2) is 24.4 Å². The maximum atomic E-state index is 5.81. The van der Waals surface area contributed by atoms with Crippen molar-refractivity contribution in [1.29, 1.82) is 0 Å². The Bertz CT molecular complexity index is 404. The second-order valence-corrected chi connectivity index (χ2v) is 6.07. The Morgan fingerprint density at radius 3 is 3.11 bits per heavy atom. The van der Waals surface area contributed by atoms with Crippen molar-refractivity contribution in [3.05, 3.63) is 30.1 Å². The molecular weight excluding hydrogens is 224 g/mol. The van der Waals surface area contributed by atoms with E-state index in [0.717, 1.165) is 25.5 Å². The largest absolute Gasteiger partial charge is 0.377 e. The van der Waals surface area contributed by atoms with Gasteiger partial charge in [-0.1, -0.05) is 19.9 Å². The number of nitrogens with one attached hydrogen (secondary N) is 1. The van der Waals surface area contributed by atoms with Crippen LogP contribution in [0.4, 0.5) is 0 Å². The highest BCUT2D eigenvalue weighted by molar-refractivity contribution is 5.11. The van der Waals surface area contributed by atoms with Gasteiger partial charge in [0.2, 0.25) is 0 Å². The van der Waals surface area contributed by atoms with Crippen LogP contribution in [0, 0.1) is 11.3 Å². The second kappa shape index (κ2) is 4.63. The fourth-order valence-corrected chi connectivity index (χ4v) is 3.64. The topological polar surface area (TPSA) is 34.2 Å². The third-order valence-electron chi connectivity index (χ3n) is 4.57. The number of hydrogen-bond acceptors (Lipinski definition) is 3. The number of nitrogens with zero attached hydrogens (tertiary/aromatic N) is 1. The minimum absolute atomic E-state index is 0.283. The maximum Gasteiger partial charge on any atom is 0.0685 e. The van der Waals surface area contributed by atoms with Gasteiger partial charge in [-0.25, -0.2) is 0 Å². The lowest BCUT2D eigenvalue weighted by molar-refractivity contribution is -0.112. The van der Waals surface area contributed by atoms with E-state index in [2.05, 4.69) is 36.3 Å². The minimum Gasteiger partial charge on any atom is -0.377 e. The van der Waals surface area contributed by atoms with Gasteiger partial charge in [0.05, 0.1) is 6.10 Å². The average molecular weight is 246 g/mol. The van der Waals surface area contributed by atoms with Crippen LogP contribution in [0.3, 0.4) is 0 Å². The zero-order chi connectivity index (χ0) is 12.6. The molecule has 2 aliphatic rings. The second-order valence-electron chi connectivity index (χ2n) is 6.07. The first kappa shape index (κ1) is 12.1. The van der Waals surface area contributed by atoms with Crippen molar-refractivity contribution < 1.29 is 4.74 Å². The van der Waals surface area contributed by atoms with E-state index in [4.69, 9.17) is 4.74 Å². The lowest BCUT2D eigenvalue weighted by Gasteiger charge is -2.55. The van der Waals surface area contributed by atoms with Crippen LogP contribution in [0.25, 0.3) is 0 Å². The molecule has 0 radical (unpaired) electrons. The molecule has 98 valence electrons. The molecule has 3 nitrogen and oxygen atoms in total. The molecule has 0 bridgehead atoms. The van der Waals surface area contributed by atoms with Crippen LogP contribution in [-0.4, -0.2) is 30.3 Å². The molecule has 3 heteroatoms. The summed E-state index contributed by atoms with van der Waals surface area (Å²) in [6.07, 6.45) is 4.56. The molecule has 3 atom stereocenters. The van der Waals surface area contributed by atoms with Crippen LogP contribution >= 0.6 is 0 Å². The Morgan fingerprint density at radius 1 is 1.44 bits per heavy atom. The molecule has 1 saturated heterocycles. The molecular formula is C15H22N2O. The van der Waals surface area contributed by atoms with Crippen LogP contribution in [0.5, 0.6) is 0 Å². The number of pyridine rings is 1. The molecule has 18 heavy (non-hydrogen) atoms. The molecule has 0 spiro atoms. The number of rotatable bonds is 4. The molecule has 1 aromatic heterocycles. The monoisotopic (exact) mass is 246 g/mol. The molecule has 1 aliphatic carbocycles. The first-order chi connectivity index (χ1) is 8.69. The van der Waals surface area contributed by atoms with E-state index in [1.807, 2.05) is 12.3 Å². The summed E-state index contributed by atoms with van der Waals surface area (Å²) >= 11 is 0. The van der Waals surface area contributed by atoms with Crippen molar-refractivity contribution in [3.63, 3.8) is 0 Å². The Hall–Kier alpha value is -0.930. The number of hydrogen-bond donors (Lipinski definition) is 1. The Balaban J connectivity index is 1.52. The predicted octanol–water partition coefficient (Wildman–Crippen LogP) is 2.03. The highest BCUT2D eigenvalue weighted by Gasteiger charge is 2.58. The van der Waals surface area contributed by atoms with Crippen molar-refractivity contribution >= 4 is 0 Å². The van der Waals surface area contributed by atoms with Gasteiger partial charge in [-0.15, -0.1) is 0 Å². The van der Waals surface area contributed by atoms with E-state index in [0.29, 0.717) is 12.1 Å². The highest BCUT2D eigenvalue weighted by atomic mass is 16.5. The van der Waals surface area contributed by atoms with Crippen molar-refractivity contribution in [3.8, 4) is 0 Å². The molecule has 3 unspecified atom stereocenters. The Labute approximate surface area is 109 Å². The van der Waals surface area contributed by atoms with Crippen molar-refractivity contribution in [2.45, 2.75) is 38.8 Å². The van der Waals surface area contributed by atoms with Gasteiger partial charge < -0.3 is 10.1 Å². The smallest absolute Gasteiger partial charge is 0.0685 e. The van der Waals surface area contributed by atoms with E-state index in [1.165, 1.54) is 12.1 Å². The van der Waals surface area contributed by atoms with E-state index in [9.17, 15) is 0 Å². The van der Waals surface area contributed by atoms with Gasteiger partial charge in [-0.3, -0.25) is 4.98 Å². The SMILES string of the molecule is CC1(C)C(NCCc2ccccn2)C2CCOC21. The standard InChI is InChI=1S/C15H22N2O/c1-15(2)13(12-7-10-18-14(12)15)17-9-6-11-5-3-4-8-16-11/h3-5,8,12-14,17H,6-7,9-10H2,1-2H3. The number of aromatic nitrogens is 1. The van der Waals surface area contributed by atoms with Crippen LogP contribution in [0.2, 0.25) is 0 Å². The molecule has 1 aliphatic heterocycles. The van der Waals surface area contributed by atoms with E-state index in [-0.39, 0.29) is 5.41 Å². The third-order valence-corrected chi connectivity index (χ3v) is 4.57. The molecule has 0 amide bonds. The fraction of sp³-hybridized carbons (Fsp3) is 0.667. The van der Waals surface area contributed by atoms with Gasteiger partial charge in [0.15, 0.2) is 0 Å². The summed E-state index contributed by atoms with van der Waals surface area (Å²) in [4.78, 5) is 4.36. The zero-order valence-electron chi connectivity index (χ0n) is 11.2. The molecule has 2 heterocycles. The Kier molecular flexibility index (Phi) is 3.12. The fourth-order valence-electron chi connectivity index (χ4n) is 3.64. The van der Waals surface area contributed by atoms with Crippen LogP contribution in [0.1, 0.15) is 26.0 Å². The average Bonchev–Trinajstić information content (AvgIpc) is 2.82. The normalized spacial score (nSPS) is 32.9. The summed E-state index contributed by atoms with van der Waals surface area (Å²) in [5.41, 5.74) is 1.45. The lowest BCUT2D eigenvalue weighted by Crippen LogP contribution is -2.66. The summed E-state index contributed by atoms with van der Waals surface area (Å²) in [7, 11) is 0. The third kappa shape index (κ3) is 1.95. The molecule has 1 N–H and O–H groups in total. The summed E-state index contributed by atoms with van der Waals surface area (Å²) < 4.78 is 5.81. The first-order valence-electron chi connectivity index (χ1n) is 6.94. The highest BCUT2D eigenvalue weighted by Crippen LogP contribution is 2.51. The van der Waals surface area contributed by atoms with E-state index >= 15 is 0 Å². The van der Waals surface area contributed by atoms with Crippen LogP contribution in [-0.2, 0) is 11.2 Å². The molecule has 1 saturated carbocycles. The summed E-state index contributed by atoms with van der Waals surface area (Å²) in [6.45, 7) is 6.58. The van der Waals surface area contributed by atoms with Gasteiger partial charge in [-0.2, -0.15) is 0 Å². The summed E-state index contributed by atoms with van der Waals surface area (Å²) in [5.74, 6) is 0.726. The van der Waals surface area contributed by atoms with Gasteiger partial charge >= 0.3 is 0 Å². The van der Waals surface area contributed by atoms with E-state index in [1.54, 1.807) is 0 Å². The number of fused-ring (bicyclic) bond motifs is 1. The van der Waals surface area contributed by atoms with Gasteiger partial charge in [0, 0.05) is 48.8 Å². The van der Waals surface area contributed by atoms with Gasteiger partial charge in [0.1, 0.15) is 0 Å². The maximum absolute atomic E-state index is 5.81. The first-order valence-corrected chi connectivity index (χ1v) is 6.94. The Morgan fingerprint density at radius 2 is 2.33 bits per heavy atom. The minimum atomic E-state index is 0.283. The van der Waals surface area contributed by atoms with Crippen molar-refractivity contribution in [1.82, 2.24) is 10.3 Å². The van der Waals surface area contributed by atoms with Gasteiger partial charge in [0.25, 0.3) is 0 Å². The quantitative estimate of drug-likeness (QED) is 0.882. The van der Waals surface area contributed by atoms with Crippen LogP contribution < -0.4 is 5.32 Å². The van der Waals surface area contributed by atoms with Crippen molar-refractivity contribution in [2.75, 3.05) is 13.2 Å².